The second-order valence-corrected chi connectivity index (χ2v) is 12.0. The fourth-order valence-electron chi connectivity index (χ4n) is 4.07. The highest BCUT2D eigenvalue weighted by molar-refractivity contribution is 7.92. The summed E-state index contributed by atoms with van der Waals surface area (Å²) in [4.78, 5) is 24.8. The number of hydrazone groups is 1. The molecule has 0 aliphatic heterocycles. The Balaban J connectivity index is 1.27. The van der Waals surface area contributed by atoms with E-state index in [0.29, 0.717) is 27.6 Å². The van der Waals surface area contributed by atoms with E-state index in [9.17, 15) is 18.0 Å². The van der Waals surface area contributed by atoms with E-state index in [1.54, 1.807) is 60.7 Å². The third-order valence-electron chi connectivity index (χ3n) is 6.36. The Morgan fingerprint density at radius 3 is 2.21 bits per heavy atom. The van der Waals surface area contributed by atoms with Crippen molar-refractivity contribution in [1.82, 2.24) is 10.7 Å². The Hall–Kier alpha value is -4.67. The molecule has 1 atom stereocenters. The van der Waals surface area contributed by atoms with Crippen LogP contribution < -0.4 is 19.8 Å². The molecule has 4 rings (SSSR count). The van der Waals surface area contributed by atoms with Crippen LogP contribution in [0.5, 0.6) is 5.75 Å². The average Bonchev–Trinajstić information content (AvgIpc) is 3.00. The summed E-state index contributed by atoms with van der Waals surface area (Å²) in [5, 5.41) is 7.45. The number of hydrogen-bond donors (Lipinski definition) is 2. The molecular formula is C32H31ClN4O5S. The zero-order valence-electron chi connectivity index (χ0n) is 23.6. The van der Waals surface area contributed by atoms with E-state index in [-0.39, 0.29) is 25.1 Å². The number of nitrogens with zero attached hydrogens (tertiary/aromatic N) is 2. The Morgan fingerprint density at radius 1 is 0.930 bits per heavy atom. The van der Waals surface area contributed by atoms with E-state index in [2.05, 4.69) is 15.8 Å². The Kier molecular flexibility index (Phi) is 10.5. The zero-order chi connectivity index (χ0) is 30.8. The summed E-state index contributed by atoms with van der Waals surface area (Å²) in [6, 6.07) is 29.5. The predicted molar refractivity (Wildman–Crippen MR) is 169 cm³/mol. The Bertz CT molecular complexity index is 1660. The topological polar surface area (TPSA) is 117 Å². The molecule has 222 valence electrons. The van der Waals surface area contributed by atoms with E-state index in [1.165, 1.54) is 22.7 Å². The molecule has 2 amide bonds. The number of halogens is 1. The predicted octanol–water partition coefficient (Wildman–Crippen LogP) is 5.33. The van der Waals surface area contributed by atoms with Crippen LogP contribution in [0.4, 0.5) is 5.69 Å². The molecule has 4 aromatic carbocycles. The lowest BCUT2D eigenvalue weighted by atomic mass is 10.1. The lowest BCUT2D eigenvalue weighted by molar-refractivity contribution is -0.123. The first kappa shape index (κ1) is 31.3. The van der Waals surface area contributed by atoms with Crippen LogP contribution in [-0.4, -0.2) is 39.3 Å². The highest BCUT2D eigenvalue weighted by atomic mass is 35.5. The minimum absolute atomic E-state index is 0.121. The van der Waals surface area contributed by atoms with E-state index in [0.717, 1.165) is 17.4 Å². The normalized spacial score (nSPS) is 12.0. The van der Waals surface area contributed by atoms with Crippen molar-refractivity contribution >= 4 is 45.3 Å². The van der Waals surface area contributed by atoms with Crippen LogP contribution in [0, 0.1) is 0 Å². The van der Waals surface area contributed by atoms with Crippen molar-refractivity contribution in [3.05, 3.63) is 130 Å². The van der Waals surface area contributed by atoms with Crippen LogP contribution in [0.2, 0.25) is 5.02 Å². The summed E-state index contributed by atoms with van der Waals surface area (Å²) >= 11 is 5.93. The maximum absolute atomic E-state index is 12.6. The summed E-state index contributed by atoms with van der Waals surface area (Å²) in [7, 11) is -3.58. The molecule has 43 heavy (non-hydrogen) atoms. The van der Waals surface area contributed by atoms with Gasteiger partial charge in [0, 0.05) is 10.6 Å². The maximum atomic E-state index is 12.6. The lowest BCUT2D eigenvalue weighted by Crippen LogP contribution is -2.31. The van der Waals surface area contributed by atoms with E-state index < -0.39 is 15.9 Å². The van der Waals surface area contributed by atoms with Gasteiger partial charge in [-0.15, -0.1) is 0 Å². The lowest BCUT2D eigenvalue weighted by Gasteiger charge is -2.22. The second-order valence-electron chi connectivity index (χ2n) is 9.70. The van der Waals surface area contributed by atoms with Crippen molar-refractivity contribution in [3.63, 3.8) is 0 Å². The van der Waals surface area contributed by atoms with Crippen molar-refractivity contribution in [1.29, 1.82) is 0 Å². The van der Waals surface area contributed by atoms with E-state index in [4.69, 9.17) is 16.3 Å². The van der Waals surface area contributed by atoms with Gasteiger partial charge >= 0.3 is 0 Å². The monoisotopic (exact) mass is 618 g/mol. The summed E-state index contributed by atoms with van der Waals surface area (Å²) < 4.78 is 31.7. The van der Waals surface area contributed by atoms with Gasteiger partial charge in [0.25, 0.3) is 11.8 Å². The first-order valence-electron chi connectivity index (χ1n) is 13.3. The fraction of sp³-hybridized carbons (Fsp3) is 0.156. The molecule has 0 aliphatic carbocycles. The van der Waals surface area contributed by atoms with Gasteiger partial charge < -0.3 is 10.1 Å². The van der Waals surface area contributed by atoms with Crippen LogP contribution >= 0.6 is 11.6 Å². The van der Waals surface area contributed by atoms with Crippen molar-refractivity contribution < 1.29 is 22.7 Å². The SMILES string of the molecule is C[C@@H](NC(=O)COc1ccc(/C=N\NC(=O)c2ccc(N(Cc3ccc(Cl)cc3)S(C)(=O)=O)cc2)cc1)c1ccccc1. The summed E-state index contributed by atoms with van der Waals surface area (Å²) in [6.07, 6.45) is 2.60. The number of carbonyl (C=O) groups excluding carboxylic acids is 2. The van der Waals surface area contributed by atoms with Crippen LogP contribution in [0.3, 0.4) is 0 Å². The van der Waals surface area contributed by atoms with Crippen LogP contribution in [0.25, 0.3) is 0 Å². The minimum atomic E-state index is -3.58. The number of ether oxygens (including phenoxy) is 1. The smallest absolute Gasteiger partial charge is 0.271 e. The van der Waals surface area contributed by atoms with Crippen LogP contribution in [0.15, 0.2) is 108 Å². The molecule has 0 aromatic heterocycles. The number of amides is 2. The molecule has 4 aromatic rings. The molecule has 0 saturated heterocycles. The molecule has 0 bridgehead atoms. The summed E-state index contributed by atoms with van der Waals surface area (Å²) in [5.41, 5.74) is 5.67. The number of anilines is 1. The fourth-order valence-corrected chi connectivity index (χ4v) is 5.09. The van der Waals surface area contributed by atoms with Gasteiger partial charge in [0.2, 0.25) is 10.0 Å². The van der Waals surface area contributed by atoms with E-state index >= 15 is 0 Å². The summed E-state index contributed by atoms with van der Waals surface area (Å²) in [5.74, 6) is -0.173. The van der Waals surface area contributed by atoms with Gasteiger partial charge in [-0.05, 0) is 84.3 Å². The molecule has 0 radical (unpaired) electrons. The molecule has 0 heterocycles. The highest BCUT2D eigenvalue weighted by Gasteiger charge is 2.18. The largest absolute Gasteiger partial charge is 0.484 e. The van der Waals surface area contributed by atoms with Gasteiger partial charge in [0.1, 0.15) is 5.75 Å². The third kappa shape index (κ3) is 9.42. The third-order valence-corrected chi connectivity index (χ3v) is 7.76. The molecule has 0 spiro atoms. The number of benzene rings is 4. The molecule has 0 unspecified atom stereocenters. The molecule has 9 nitrogen and oxygen atoms in total. The van der Waals surface area contributed by atoms with Gasteiger partial charge in [-0.25, -0.2) is 13.8 Å². The van der Waals surface area contributed by atoms with Gasteiger partial charge in [-0.3, -0.25) is 13.9 Å². The summed E-state index contributed by atoms with van der Waals surface area (Å²) in [6.45, 7) is 1.91. The van der Waals surface area contributed by atoms with Crippen LogP contribution in [0.1, 0.15) is 40.0 Å². The van der Waals surface area contributed by atoms with Gasteiger partial charge in [-0.1, -0.05) is 54.1 Å². The van der Waals surface area contributed by atoms with Gasteiger partial charge in [0.15, 0.2) is 6.61 Å². The first-order chi connectivity index (χ1) is 20.6. The molecule has 11 heteroatoms. The van der Waals surface area contributed by atoms with Crippen molar-refractivity contribution in [2.24, 2.45) is 5.10 Å². The van der Waals surface area contributed by atoms with Crippen molar-refractivity contribution in [2.45, 2.75) is 19.5 Å². The maximum Gasteiger partial charge on any atom is 0.271 e. The average molecular weight is 619 g/mol. The highest BCUT2D eigenvalue weighted by Crippen LogP contribution is 2.22. The molecular weight excluding hydrogens is 588 g/mol. The van der Waals surface area contributed by atoms with Gasteiger partial charge in [-0.2, -0.15) is 5.10 Å². The second kappa shape index (κ2) is 14.5. The molecule has 0 aliphatic rings. The standard InChI is InChI=1S/C32H31ClN4O5S/c1-23(26-6-4-3-5-7-26)35-31(38)22-42-30-18-10-24(11-19-30)20-34-36-32(39)27-12-16-29(17-13-27)37(43(2,40)41)21-25-8-14-28(33)15-9-25/h3-20,23H,21-22H2,1-2H3,(H,35,38)(H,36,39)/b34-20-/t23-/m1/s1. The number of sulfonamides is 1. The molecule has 0 fully saturated rings. The van der Waals surface area contributed by atoms with Crippen molar-refractivity contribution in [2.75, 3.05) is 17.2 Å². The number of carbonyl (C=O) groups is 2. The molecule has 0 saturated carbocycles. The van der Waals surface area contributed by atoms with Gasteiger partial charge in [0.05, 0.1) is 30.7 Å². The zero-order valence-corrected chi connectivity index (χ0v) is 25.2. The number of hydrogen-bond acceptors (Lipinski definition) is 6. The van der Waals surface area contributed by atoms with E-state index in [1.807, 2.05) is 37.3 Å². The minimum Gasteiger partial charge on any atom is -0.484 e. The van der Waals surface area contributed by atoms with Crippen LogP contribution in [-0.2, 0) is 21.4 Å². The van der Waals surface area contributed by atoms with Crippen molar-refractivity contribution in [3.8, 4) is 5.75 Å². The quantitative estimate of drug-likeness (QED) is 0.164. The Morgan fingerprint density at radius 2 is 1.58 bits per heavy atom. The molecule has 2 N–H and O–H groups in total. The number of nitrogens with one attached hydrogen (secondary N) is 2. The number of rotatable bonds is 12. The first-order valence-corrected chi connectivity index (χ1v) is 15.5. The Labute approximate surface area is 256 Å².